The van der Waals surface area contributed by atoms with Crippen molar-refractivity contribution in [2.45, 2.75) is 12.6 Å². The number of nitrogens with one attached hydrogen (secondary N) is 1. The first-order valence-corrected chi connectivity index (χ1v) is 7.76. The van der Waals surface area contributed by atoms with E-state index in [1.54, 1.807) is 7.11 Å². The van der Waals surface area contributed by atoms with E-state index in [1.165, 1.54) is 0 Å². The predicted octanol–water partition coefficient (Wildman–Crippen LogP) is 1.19. The molecule has 0 amide bonds. The third-order valence-electron chi connectivity index (χ3n) is 3.60. The molecule has 112 valence electrons. The molecule has 2 rings (SSSR count). The molecule has 1 N–H and O–H groups in total. The van der Waals surface area contributed by atoms with Crippen molar-refractivity contribution in [3.05, 3.63) is 15.1 Å². The van der Waals surface area contributed by atoms with E-state index in [4.69, 9.17) is 9.72 Å². The molecule has 0 aromatic carbocycles. The van der Waals surface area contributed by atoms with Gasteiger partial charge in [-0.25, -0.2) is 9.97 Å². The summed E-state index contributed by atoms with van der Waals surface area (Å²) in [4.78, 5) is 14.1. The van der Waals surface area contributed by atoms with Gasteiger partial charge in [0.1, 0.15) is 11.6 Å². The molecule has 2 heterocycles. The highest BCUT2D eigenvalue weighted by Gasteiger charge is 2.27. The third kappa shape index (κ3) is 3.38. The Bertz CT molecular complexity index is 470. The van der Waals surface area contributed by atoms with Crippen LogP contribution in [0.5, 0.6) is 0 Å². The highest BCUT2D eigenvalue weighted by molar-refractivity contribution is 14.1. The molecular formula is C13H22IN5O. The van der Waals surface area contributed by atoms with Gasteiger partial charge in [-0.3, -0.25) is 4.90 Å². The Morgan fingerprint density at radius 3 is 2.75 bits per heavy atom. The third-order valence-corrected chi connectivity index (χ3v) is 4.74. The van der Waals surface area contributed by atoms with Crippen LogP contribution < -0.4 is 5.32 Å². The molecule has 6 nitrogen and oxygen atoms in total. The molecular weight excluding hydrogens is 369 g/mol. The van der Waals surface area contributed by atoms with Gasteiger partial charge in [-0.1, -0.05) is 0 Å². The second kappa shape index (κ2) is 6.97. The quantitative estimate of drug-likeness (QED) is 0.779. The van der Waals surface area contributed by atoms with Gasteiger partial charge in [0.15, 0.2) is 0 Å². The summed E-state index contributed by atoms with van der Waals surface area (Å²) >= 11 is 2.27. The number of hydrogen-bond acceptors (Lipinski definition) is 6. The van der Waals surface area contributed by atoms with E-state index < -0.39 is 0 Å². The second-order valence-corrected chi connectivity index (χ2v) is 6.21. The maximum absolute atomic E-state index is 5.25. The van der Waals surface area contributed by atoms with Crippen LogP contribution in [0, 0.1) is 3.57 Å². The zero-order valence-electron chi connectivity index (χ0n) is 12.5. The van der Waals surface area contributed by atoms with Crippen LogP contribution in [0.25, 0.3) is 0 Å². The molecule has 1 fully saturated rings. The highest BCUT2D eigenvalue weighted by atomic mass is 127. The summed E-state index contributed by atoms with van der Waals surface area (Å²) in [6, 6.07) is 0.230. The van der Waals surface area contributed by atoms with Crippen LogP contribution in [-0.4, -0.2) is 67.7 Å². The Hall–Kier alpha value is -0.510. The van der Waals surface area contributed by atoms with Gasteiger partial charge in [-0.15, -0.1) is 0 Å². The van der Waals surface area contributed by atoms with E-state index >= 15 is 0 Å². The molecule has 1 aliphatic rings. The van der Waals surface area contributed by atoms with Crippen LogP contribution in [0.15, 0.2) is 0 Å². The van der Waals surface area contributed by atoms with Crippen LogP contribution in [0.2, 0.25) is 0 Å². The summed E-state index contributed by atoms with van der Waals surface area (Å²) in [5, 5.41) is 3.15. The number of hydrogen-bond donors (Lipinski definition) is 1. The number of halogens is 1. The standard InChI is InChI=1S/C13H22IN5O/c1-15-13-11(14)9(8-20-4)16-12(17-13)10-7-18(2)5-6-19(10)3/h10H,5-8H2,1-4H3,(H,15,16,17). The first kappa shape index (κ1) is 15.9. The molecule has 0 spiro atoms. The molecule has 0 bridgehead atoms. The minimum absolute atomic E-state index is 0.230. The average Bonchev–Trinajstić information content (AvgIpc) is 2.44. The Morgan fingerprint density at radius 1 is 1.35 bits per heavy atom. The number of ether oxygens (including phenoxy) is 1. The number of anilines is 1. The van der Waals surface area contributed by atoms with Crippen molar-refractivity contribution in [2.75, 3.05) is 53.2 Å². The summed E-state index contributed by atoms with van der Waals surface area (Å²) in [5.74, 6) is 1.75. The number of likely N-dealkylation sites (N-methyl/N-ethyl adjacent to an activating group) is 2. The lowest BCUT2D eigenvalue weighted by molar-refractivity contribution is 0.109. The Balaban J connectivity index is 2.37. The molecule has 20 heavy (non-hydrogen) atoms. The van der Waals surface area contributed by atoms with Crippen molar-refractivity contribution in [1.29, 1.82) is 0 Å². The molecule has 1 aromatic heterocycles. The minimum atomic E-state index is 0.230. The normalized spacial score (nSPS) is 21.1. The molecule has 1 aromatic rings. The van der Waals surface area contributed by atoms with Crippen molar-refractivity contribution >= 4 is 28.4 Å². The minimum Gasteiger partial charge on any atom is -0.378 e. The zero-order valence-corrected chi connectivity index (χ0v) is 14.6. The highest BCUT2D eigenvalue weighted by Crippen LogP contribution is 2.26. The number of methoxy groups -OCH3 is 1. The topological polar surface area (TPSA) is 53.5 Å². The zero-order chi connectivity index (χ0) is 14.7. The largest absolute Gasteiger partial charge is 0.378 e. The Morgan fingerprint density at radius 2 is 2.10 bits per heavy atom. The fourth-order valence-electron chi connectivity index (χ4n) is 2.35. The van der Waals surface area contributed by atoms with E-state index in [0.717, 1.165) is 40.5 Å². The molecule has 1 unspecified atom stereocenters. The monoisotopic (exact) mass is 391 g/mol. The Kier molecular flexibility index (Phi) is 5.53. The van der Waals surface area contributed by atoms with E-state index in [9.17, 15) is 0 Å². The fraction of sp³-hybridized carbons (Fsp3) is 0.692. The summed E-state index contributed by atoms with van der Waals surface area (Å²) in [5.41, 5.74) is 0.948. The van der Waals surface area contributed by atoms with Crippen LogP contribution in [0.3, 0.4) is 0 Å². The van der Waals surface area contributed by atoms with Crippen LogP contribution >= 0.6 is 22.6 Å². The number of piperazine rings is 1. The fourth-order valence-corrected chi connectivity index (χ4v) is 3.02. The van der Waals surface area contributed by atoms with E-state index in [1.807, 2.05) is 7.05 Å². The lowest BCUT2D eigenvalue weighted by atomic mass is 10.1. The SMILES string of the molecule is CNc1nc(C2CN(C)CCN2C)nc(COC)c1I. The molecule has 1 atom stereocenters. The van der Waals surface area contributed by atoms with Crippen molar-refractivity contribution < 1.29 is 4.74 Å². The van der Waals surface area contributed by atoms with Gasteiger partial charge in [0.05, 0.1) is 21.9 Å². The molecule has 0 aliphatic carbocycles. The molecule has 7 heteroatoms. The summed E-state index contributed by atoms with van der Waals surface area (Å²) in [6.07, 6.45) is 0. The molecule has 0 radical (unpaired) electrons. The first-order valence-electron chi connectivity index (χ1n) is 6.68. The van der Waals surface area contributed by atoms with Crippen LogP contribution in [0.1, 0.15) is 17.6 Å². The maximum atomic E-state index is 5.25. The summed E-state index contributed by atoms with van der Waals surface area (Å²) in [6.45, 7) is 3.58. The van der Waals surface area contributed by atoms with Crippen molar-refractivity contribution in [3.63, 3.8) is 0 Å². The van der Waals surface area contributed by atoms with E-state index in [0.29, 0.717) is 6.61 Å². The summed E-state index contributed by atoms with van der Waals surface area (Å²) < 4.78 is 6.28. The predicted molar refractivity (Wildman–Crippen MR) is 87.9 cm³/mol. The van der Waals surface area contributed by atoms with Gasteiger partial charge in [0, 0.05) is 33.8 Å². The van der Waals surface area contributed by atoms with Gasteiger partial charge in [0.2, 0.25) is 0 Å². The molecule has 0 saturated carbocycles. The first-order chi connectivity index (χ1) is 9.56. The van der Waals surface area contributed by atoms with Crippen LogP contribution in [0.4, 0.5) is 5.82 Å². The van der Waals surface area contributed by atoms with E-state index in [-0.39, 0.29) is 6.04 Å². The maximum Gasteiger partial charge on any atom is 0.149 e. The average molecular weight is 391 g/mol. The smallest absolute Gasteiger partial charge is 0.149 e. The lowest BCUT2D eigenvalue weighted by Crippen LogP contribution is -2.45. The number of nitrogens with zero attached hydrogens (tertiary/aromatic N) is 4. The number of rotatable bonds is 4. The Labute approximate surface area is 134 Å². The van der Waals surface area contributed by atoms with Gasteiger partial charge in [0.25, 0.3) is 0 Å². The summed E-state index contributed by atoms with van der Waals surface area (Å²) in [7, 11) is 7.86. The van der Waals surface area contributed by atoms with Crippen molar-refractivity contribution in [2.24, 2.45) is 0 Å². The number of aromatic nitrogens is 2. The molecule has 1 aliphatic heterocycles. The van der Waals surface area contributed by atoms with Gasteiger partial charge >= 0.3 is 0 Å². The molecule has 1 saturated heterocycles. The van der Waals surface area contributed by atoms with Gasteiger partial charge in [-0.2, -0.15) is 0 Å². The second-order valence-electron chi connectivity index (χ2n) is 5.13. The van der Waals surface area contributed by atoms with E-state index in [2.05, 4.69) is 56.8 Å². The lowest BCUT2D eigenvalue weighted by Gasteiger charge is -2.36. The van der Waals surface area contributed by atoms with Crippen LogP contribution in [-0.2, 0) is 11.3 Å². The van der Waals surface area contributed by atoms with Crippen molar-refractivity contribution in [3.8, 4) is 0 Å². The van der Waals surface area contributed by atoms with Gasteiger partial charge in [-0.05, 0) is 36.7 Å². The van der Waals surface area contributed by atoms with Crippen molar-refractivity contribution in [1.82, 2.24) is 19.8 Å². The van der Waals surface area contributed by atoms with Gasteiger partial charge < -0.3 is 15.0 Å².